The summed E-state index contributed by atoms with van der Waals surface area (Å²) in [6, 6.07) is 12.5. The van der Waals surface area contributed by atoms with Gasteiger partial charge in [-0.2, -0.15) is 0 Å². The van der Waals surface area contributed by atoms with Crippen LogP contribution in [0.25, 0.3) is 17.3 Å². The molecule has 4 rings (SSSR count). The number of aryl methyl sites for hydroxylation is 1. The van der Waals surface area contributed by atoms with Crippen LogP contribution < -0.4 is 0 Å². The van der Waals surface area contributed by atoms with Crippen molar-refractivity contribution in [1.82, 2.24) is 9.88 Å². The van der Waals surface area contributed by atoms with Crippen molar-refractivity contribution in [2.45, 2.75) is 71.1 Å². The van der Waals surface area contributed by atoms with Crippen LogP contribution >= 0.6 is 0 Å². The first-order valence-electron chi connectivity index (χ1n) is 11.8. The van der Waals surface area contributed by atoms with E-state index in [1.807, 2.05) is 29.3 Å². The van der Waals surface area contributed by atoms with Gasteiger partial charge in [0.15, 0.2) is 0 Å². The fraction of sp³-hybridized carbons (Fsp3) is 0.481. The van der Waals surface area contributed by atoms with Crippen molar-refractivity contribution in [3.8, 4) is 11.3 Å². The number of piperidine rings is 1. The van der Waals surface area contributed by atoms with E-state index in [4.69, 9.17) is 0 Å². The smallest absolute Gasteiger partial charge is 0.246 e. The Morgan fingerprint density at radius 3 is 2.23 bits per heavy atom. The lowest BCUT2D eigenvalue weighted by molar-refractivity contribution is -0.126. The number of likely N-dealkylation sites (tertiary alicyclic amines) is 1. The largest absolute Gasteiger partial charge is 0.339 e. The van der Waals surface area contributed by atoms with Gasteiger partial charge in [0.1, 0.15) is 0 Å². The first kappa shape index (κ1) is 22.3. The van der Waals surface area contributed by atoms with Gasteiger partial charge >= 0.3 is 0 Å². The number of pyridine rings is 1. The van der Waals surface area contributed by atoms with Crippen LogP contribution in [0.15, 0.2) is 48.7 Å². The Kier molecular flexibility index (Phi) is 9.14. The molecule has 0 N–H and O–H groups in total. The van der Waals surface area contributed by atoms with E-state index in [1.165, 1.54) is 50.5 Å². The summed E-state index contributed by atoms with van der Waals surface area (Å²) in [4.78, 5) is 18.8. The van der Waals surface area contributed by atoms with Gasteiger partial charge in [0, 0.05) is 30.9 Å². The van der Waals surface area contributed by atoms with Gasteiger partial charge in [-0.05, 0) is 55.4 Å². The number of hydrogen-bond acceptors (Lipinski definition) is 2. The van der Waals surface area contributed by atoms with Crippen molar-refractivity contribution in [3.63, 3.8) is 0 Å². The number of aromatic nitrogens is 1. The summed E-state index contributed by atoms with van der Waals surface area (Å²) in [6.07, 6.45) is 18.4. The number of carbonyl (C=O) groups is 1. The zero-order chi connectivity index (χ0) is 21.0. The number of benzene rings is 1. The van der Waals surface area contributed by atoms with Crippen molar-refractivity contribution >= 4 is 12.0 Å². The van der Waals surface area contributed by atoms with Crippen molar-refractivity contribution < 1.29 is 4.79 Å². The van der Waals surface area contributed by atoms with E-state index in [0.717, 1.165) is 49.2 Å². The minimum Gasteiger partial charge on any atom is -0.339 e. The predicted molar refractivity (Wildman–Crippen MR) is 126 cm³/mol. The Morgan fingerprint density at radius 2 is 1.63 bits per heavy atom. The molecule has 2 heterocycles. The average molecular weight is 405 g/mol. The fourth-order valence-electron chi connectivity index (χ4n) is 3.47. The summed E-state index contributed by atoms with van der Waals surface area (Å²) in [5.74, 6) is 0.124. The highest BCUT2D eigenvalue weighted by atomic mass is 16.2. The minimum atomic E-state index is 0.124. The molecule has 30 heavy (non-hydrogen) atoms. The molecule has 160 valence electrons. The number of hydrogen-bond donors (Lipinski definition) is 0. The molecule has 1 aromatic carbocycles. The van der Waals surface area contributed by atoms with Crippen molar-refractivity contribution in [2.75, 3.05) is 13.1 Å². The van der Waals surface area contributed by atoms with Crippen LogP contribution in [0.3, 0.4) is 0 Å². The fourth-order valence-corrected chi connectivity index (χ4v) is 3.47. The number of unbranched alkanes of at least 4 members (excludes halogenated alkanes) is 2. The van der Waals surface area contributed by atoms with Gasteiger partial charge in [0.2, 0.25) is 5.91 Å². The van der Waals surface area contributed by atoms with Crippen LogP contribution in [-0.4, -0.2) is 28.9 Å². The third-order valence-electron chi connectivity index (χ3n) is 5.54. The second-order valence-corrected chi connectivity index (χ2v) is 8.41. The minimum absolute atomic E-state index is 0.124. The maximum Gasteiger partial charge on any atom is 0.246 e. The first-order valence-corrected chi connectivity index (χ1v) is 11.8. The Bertz CT molecular complexity index is 782. The molecule has 1 amide bonds. The quantitative estimate of drug-likeness (QED) is 0.381. The van der Waals surface area contributed by atoms with Crippen LogP contribution in [-0.2, 0) is 11.2 Å². The molecule has 1 aliphatic carbocycles. The zero-order valence-corrected chi connectivity index (χ0v) is 18.5. The van der Waals surface area contributed by atoms with Gasteiger partial charge in [0.25, 0.3) is 0 Å². The van der Waals surface area contributed by atoms with E-state index < -0.39 is 0 Å². The van der Waals surface area contributed by atoms with Crippen LogP contribution in [0, 0.1) is 0 Å². The molecule has 0 bridgehead atoms. The van der Waals surface area contributed by atoms with Crippen LogP contribution in [0.1, 0.15) is 75.8 Å². The molecular formula is C27H36N2O. The van der Waals surface area contributed by atoms with E-state index in [2.05, 4.69) is 36.2 Å². The number of amides is 1. The topological polar surface area (TPSA) is 33.2 Å². The molecule has 0 atom stereocenters. The normalized spacial score (nSPS) is 15.6. The summed E-state index contributed by atoms with van der Waals surface area (Å²) in [7, 11) is 0. The monoisotopic (exact) mass is 404 g/mol. The van der Waals surface area contributed by atoms with Crippen molar-refractivity contribution in [3.05, 3.63) is 59.8 Å². The van der Waals surface area contributed by atoms with E-state index in [0.29, 0.717) is 0 Å². The average Bonchev–Trinajstić information content (AvgIpc) is 3.69. The van der Waals surface area contributed by atoms with Crippen LogP contribution in [0.4, 0.5) is 0 Å². The maximum absolute atomic E-state index is 12.2. The maximum atomic E-state index is 12.2. The molecule has 0 spiro atoms. The van der Waals surface area contributed by atoms with Gasteiger partial charge in [-0.15, -0.1) is 0 Å². The van der Waals surface area contributed by atoms with Crippen molar-refractivity contribution in [2.24, 2.45) is 0 Å². The Morgan fingerprint density at radius 1 is 0.933 bits per heavy atom. The van der Waals surface area contributed by atoms with Crippen LogP contribution in [0.2, 0.25) is 0 Å². The third-order valence-corrected chi connectivity index (χ3v) is 5.54. The molecule has 1 aliphatic heterocycles. The van der Waals surface area contributed by atoms with Gasteiger partial charge in [0.05, 0.1) is 5.69 Å². The second-order valence-electron chi connectivity index (χ2n) is 8.41. The van der Waals surface area contributed by atoms with E-state index >= 15 is 0 Å². The van der Waals surface area contributed by atoms with E-state index in [1.54, 1.807) is 6.08 Å². The molecule has 2 fully saturated rings. The highest BCUT2D eigenvalue weighted by Crippen LogP contribution is 2.19. The predicted octanol–water partition coefficient (Wildman–Crippen LogP) is 6.68. The molecule has 2 aromatic rings. The molecular weight excluding hydrogens is 368 g/mol. The molecule has 1 saturated heterocycles. The molecule has 0 unspecified atom stereocenters. The molecule has 2 aliphatic rings. The van der Waals surface area contributed by atoms with Gasteiger partial charge in [-0.25, -0.2) is 0 Å². The lowest BCUT2D eigenvalue weighted by Crippen LogP contribution is -2.34. The summed E-state index contributed by atoms with van der Waals surface area (Å²) in [5, 5.41) is 0. The summed E-state index contributed by atoms with van der Waals surface area (Å²) in [6.45, 7) is 4.01. The summed E-state index contributed by atoms with van der Waals surface area (Å²) >= 11 is 0. The van der Waals surface area contributed by atoms with Crippen molar-refractivity contribution in [1.29, 1.82) is 0 Å². The standard InChI is InChI=1S/C24H30N2O.C3H6/c1-2-3-5-8-21-11-15-23(25-19-21)22-13-9-20(10-14-22)12-16-24(27)26-17-6-4-7-18-26;1-2-3-1/h9-16,19H,2-8,17-18H2,1H3;1-3H2/b16-12+;. The molecule has 1 aromatic heterocycles. The number of carbonyl (C=O) groups excluding carboxylic acids is 1. The van der Waals surface area contributed by atoms with Crippen LogP contribution in [0.5, 0.6) is 0 Å². The first-order chi connectivity index (χ1) is 14.8. The molecule has 3 heteroatoms. The third kappa shape index (κ3) is 7.78. The summed E-state index contributed by atoms with van der Waals surface area (Å²) in [5.41, 5.74) is 4.45. The SMILES string of the molecule is C1CC1.CCCCCc1ccc(-c2ccc(/C=C/C(=O)N3CCCCC3)cc2)nc1. The lowest BCUT2D eigenvalue weighted by atomic mass is 10.1. The lowest BCUT2D eigenvalue weighted by Gasteiger charge is -2.25. The molecule has 3 nitrogen and oxygen atoms in total. The van der Waals surface area contributed by atoms with E-state index in [-0.39, 0.29) is 5.91 Å². The summed E-state index contributed by atoms with van der Waals surface area (Å²) < 4.78 is 0. The molecule has 0 radical (unpaired) electrons. The van der Waals surface area contributed by atoms with Gasteiger partial charge < -0.3 is 4.90 Å². The van der Waals surface area contributed by atoms with Gasteiger partial charge in [-0.3, -0.25) is 9.78 Å². The Balaban J connectivity index is 0.000000782. The van der Waals surface area contributed by atoms with Gasteiger partial charge in [-0.1, -0.05) is 69.4 Å². The molecule has 1 saturated carbocycles. The number of nitrogens with zero attached hydrogens (tertiary/aromatic N) is 2. The highest BCUT2D eigenvalue weighted by Gasteiger charge is 2.13. The zero-order valence-electron chi connectivity index (χ0n) is 18.5. The highest BCUT2D eigenvalue weighted by molar-refractivity contribution is 5.91. The second kappa shape index (κ2) is 12.3. The van der Waals surface area contributed by atoms with E-state index in [9.17, 15) is 4.79 Å². The Hall–Kier alpha value is -2.42. The number of rotatable bonds is 7. The Labute approximate surface area is 182 Å².